The van der Waals surface area contributed by atoms with Gasteiger partial charge in [-0.15, -0.1) is 10.2 Å². The van der Waals surface area contributed by atoms with E-state index in [0.717, 1.165) is 10.6 Å². The van der Waals surface area contributed by atoms with E-state index in [4.69, 9.17) is 4.74 Å². The minimum atomic E-state index is -0.228. The molecular formula is C12H14N4O2S2. The largest absolute Gasteiger partial charge is 0.380 e. The molecule has 0 saturated carbocycles. The van der Waals surface area contributed by atoms with Crippen LogP contribution < -0.4 is 10.6 Å². The number of ether oxygens (including phenoxy) is 1. The molecule has 1 saturated heterocycles. The maximum Gasteiger partial charge on any atom is 0.243 e. The molecule has 3 heterocycles. The van der Waals surface area contributed by atoms with E-state index in [0.29, 0.717) is 18.1 Å². The van der Waals surface area contributed by atoms with Crippen LogP contribution in [0.4, 0.5) is 5.13 Å². The number of carbonyl (C=O) groups excluding carboxylic acids is 1. The standard InChI is InChI=1S/C12H14N4O2S2/c1-18-8-4-9(13-5-8)10(17)14-12-16-15-11(20-12)7-2-3-19-6-7/h2-3,6,8-9,13H,4-5H2,1H3,(H,14,16,17)/t8-,9+/m0/s1. The van der Waals surface area contributed by atoms with Gasteiger partial charge in [0, 0.05) is 24.6 Å². The van der Waals surface area contributed by atoms with E-state index in [9.17, 15) is 4.79 Å². The van der Waals surface area contributed by atoms with Gasteiger partial charge in [0.1, 0.15) is 5.01 Å². The lowest BCUT2D eigenvalue weighted by Gasteiger charge is -2.08. The van der Waals surface area contributed by atoms with E-state index in [2.05, 4.69) is 20.8 Å². The van der Waals surface area contributed by atoms with Crippen LogP contribution in [0.15, 0.2) is 16.8 Å². The summed E-state index contributed by atoms with van der Waals surface area (Å²) in [5.74, 6) is -0.0856. The summed E-state index contributed by atoms with van der Waals surface area (Å²) in [6.07, 6.45) is 0.778. The lowest BCUT2D eigenvalue weighted by Crippen LogP contribution is -2.35. The van der Waals surface area contributed by atoms with Gasteiger partial charge in [0.15, 0.2) is 0 Å². The van der Waals surface area contributed by atoms with E-state index in [-0.39, 0.29) is 18.1 Å². The summed E-state index contributed by atoms with van der Waals surface area (Å²) in [5, 5.41) is 19.4. The molecule has 2 aromatic heterocycles. The fourth-order valence-corrected chi connectivity index (χ4v) is 3.51. The van der Waals surface area contributed by atoms with Crippen molar-refractivity contribution < 1.29 is 9.53 Å². The van der Waals surface area contributed by atoms with Gasteiger partial charge in [-0.2, -0.15) is 11.3 Å². The molecule has 1 aliphatic heterocycles. The molecule has 1 amide bonds. The number of thiophene rings is 1. The Labute approximate surface area is 124 Å². The summed E-state index contributed by atoms with van der Waals surface area (Å²) in [4.78, 5) is 12.1. The summed E-state index contributed by atoms with van der Waals surface area (Å²) < 4.78 is 5.23. The Morgan fingerprint density at radius 3 is 3.15 bits per heavy atom. The van der Waals surface area contributed by atoms with Crippen LogP contribution in [-0.4, -0.2) is 41.9 Å². The lowest BCUT2D eigenvalue weighted by atomic mass is 10.2. The molecule has 6 nitrogen and oxygen atoms in total. The highest BCUT2D eigenvalue weighted by Gasteiger charge is 2.29. The number of aromatic nitrogens is 2. The number of rotatable bonds is 4. The third kappa shape index (κ3) is 2.88. The SMILES string of the molecule is CO[C@@H]1CN[C@@H](C(=O)Nc2nnc(-c3ccsc3)s2)C1. The molecule has 3 rings (SSSR count). The van der Waals surface area contributed by atoms with Gasteiger partial charge in [0.05, 0.1) is 12.1 Å². The monoisotopic (exact) mass is 310 g/mol. The summed E-state index contributed by atoms with van der Waals surface area (Å²) in [6.45, 7) is 0.699. The normalized spacial score (nSPS) is 22.1. The number of anilines is 1. The molecule has 0 bridgehead atoms. The average Bonchev–Trinajstić information content (AvgIpc) is 3.19. The van der Waals surface area contributed by atoms with Crippen molar-refractivity contribution in [2.45, 2.75) is 18.6 Å². The van der Waals surface area contributed by atoms with Crippen molar-refractivity contribution in [1.82, 2.24) is 15.5 Å². The second-order valence-corrected chi connectivity index (χ2v) is 6.23. The molecule has 0 unspecified atom stereocenters. The smallest absolute Gasteiger partial charge is 0.243 e. The Morgan fingerprint density at radius 2 is 2.45 bits per heavy atom. The zero-order valence-corrected chi connectivity index (χ0v) is 12.5. The number of methoxy groups -OCH3 is 1. The molecule has 0 radical (unpaired) electrons. The maximum absolute atomic E-state index is 12.1. The highest BCUT2D eigenvalue weighted by Crippen LogP contribution is 2.28. The van der Waals surface area contributed by atoms with E-state index in [1.54, 1.807) is 18.4 Å². The quantitative estimate of drug-likeness (QED) is 0.897. The van der Waals surface area contributed by atoms with Crippen molar-refractivity contribution in [2.24, 2.45) is 0 Å². The number of carbonyl (C=O) groups is 1. The summed E-state index contributed by atoms with van der Waals surface area (Å²) >= 11 is 2.99. The van der Waals surface area contributed by atoms with Crippen LogP contribution in [0.5, 0.6) is 0 Å². The van der Waals surface area contributed by atoms with Crippen LogP contribution in [-0.2, 0) is 9.53 Å². The van der Waals surface area contributed by atoms with Crippen molar-refractivity contribution in [2.75, 3.05) is 19.0 Å². The Morgan fingerprint density at radius 1 is 1.55 bits per heavy atom. The molecule has 0 aliphatic carbocycles. The van der Waals surface area contributed by atoms with Crippen molar-refractivity contribution in [1.29, 1.82) is 0 Å². The minimum absolute atomic E-state index is 0.0856. The maximum atomic E-state index is 12.1. The molecule has 20 heavy (non-hydrogen) atoms. The first-order valence-corrected chi connectivity index (χ1v) is 7.95. The second-order valence-electron chi connectivity index (χ2n) is 4.47. The van der Waals surface area contributed by atoms with Crippen LogP contribution in [0.25, 0.3) is 10.6 Å². The summed E-state index contributed by atoms with van der Waals surface area (Å²) in [5.41, 5.74) is 1.03. The Kier molecular flexibility index (Phi) is 4.06. The van der Waals surface area contributed by atoms with Crippen LogP contribution in [0, 0.1) is 0 Å². The highest BCUT2D eigenvalue weighted by molar-refractivity contribution is 7.19. The third-order valence-electron chi connectivity index (χ3n) is 3.16. The van der Waals surface area contributed by atoms with Gasteiger partial charge in [-0.25, -0.2) is 0 Å². The first-order valence-electron chi connectivity index (χ1n) is 6.19. The molecule has 0 aromatic carbocycles. The molecule has 1 fully saturated rings. The molecule has 1 aliphatic rings. The summed E-state index contributed by atoms with van der Waals surface area (Å²) in [6, 6.07) is 1.76. The Balaban J connectivity index is 1.62. The molecule has 2 aromatic rings. The fraction of sp³-hybridized carbons (Fsp3) is 0.417. The number of nitrogens with zero attached hydrogens (tertiary/aromatic N) is 2. The predicted octanol–water partition coefficient (Wildman–Crippen LogP) is 1.58. The lowest BCUT2D eigenvalue weighted by molar-refractivity contribution is -0.118. The van der Waals surface area contributed by atoms with Crippen molar-refractivity contribution in [3.05, 3.63) is 16.8 Å². The van der Waals surface area contributed by atoms with E-state index in [1.807, 2.05) is 16.8 Å². The average molecular weight is 310 g/mol. The van der Waals surface area contributed by atoms with E-state index >= 15 is 0 Å². The molecule has 106 valence electrons. The third-order valence-corrected chi connectivity index (χ3v) is 4.73. The van der Waals surface area contributed by atoms with Crippen molar-refractivity contribution >= 4 is 33.7 Å². The number of amides is 1. The van der Waals surface area contributed by atoms with Gasteiger partial charge in [0.25, 0.3) is 0 Å². The topological polar surface area (TPSA) is 76.1 Å². The first-order chi connectivity index (χ1) is 9.76. The highest BCUT2D eigenvalue weighted by atomic mass is 32.1. The first kappa shape index (κ1) is 13.6. The van der Waals surface area contributed by atoms with Gasteiger partial charge in [-0.3, -0.25) is 10.1 Å². The number of hydrogen-bond acceptors (Lipinski definition) is 7. The van der Waals surface area contributed by atoms with Gasteiger partial charge in [-0.05, 0) is 17.9 Å². The van der Waals surface area contributed by atoms with Crippen molar-refractivity contribution in [3.63, 3.8) is 0 Å². The van der Waals surface area contributed by atoms with E-state index < -0.39 is 0 Å². The second kappa shape index (κ2) is 5.96. The van der Waals surface area contributed by atoms with Crippen LogP contribution in [0.3, 0.4) is 0 Å². The van der Waals surface area contributed by atoms with E-state index in [1.165, 1.54) is 11.3 Å². The zero-order chi connectivity index (χ0) is 13.9. The van der Waals surface area contributed by atoms with Crippen LogP contribution in [0.1, 0.15) is 6.42 Å². The molecule has 2 N–H and O–H groups in total. The molecule has 2 atom stereocenters. The fourth-order valence-electron chi connectivity index (χ4n) is 2.05. The Hall–Kier alpha value is -1.35. The van der Waals surface area contributed by atoms with Crippen molar-refractivity contribution in [3.8, 4) is 10.6 Å². The van der Waals surface area contributed by atoms with Crippen LogP contribution in [0.2, 0.25) is 0 Å². The predicted molar refractivity (Wildman–Crippen MR) is 79.1 cm³/mol. The summed E-state index contributed by atoms with van der Waals surface area (Å²) in [7, 11) is 1.66. The molecule has 8 heteroatoms. The molecular weight excluding hydrogens is 296 g/mol. The Bertz CT molecular complexity index is 584. The molecule has 0 spiro atoms. The van der Waals surface area contributed by atoms with Gasteiger partial charge in [0.2, 0.25) is 11.0 Å². The number of hydrogen-bond donors (Lipinski definition) is 2. The van der Waals surface area contributed by atoms with Gasteiger partial charge >= 0.3 is 0 Å². The minimum Gasteiger partial charge on any atom is -0.380 e. The number of nitrogens with one attached hydrogen (secondary N) is 2. The van der Waals surface area contributed by atoms with Gasteiger partial charge in [-0.1, -0.05) is 11.3 Å². The van der Waals surface area contributed by atoms with Crippen LogP contribution >= 0.6 is 22.7 Å². The zero-order valence-electron chi connectivity index (χ0n) is 10.8. The van der Waals surface area contributed by atoms with Gasteiger partial charge < -0.3 is 10.1 Å².